The van der Waals surface area contributed by atoms with Crippen molar-refractivity contribution in [1.82, 2.24) is 5.32 Å². The molecule has 1 aromatic carbocycles. The maximum absolute atomic E-state index is 11.8. The summed E-state index contributed by atoms with van der Waals surface area (Å²) in [4.78, 5) is 23.4. The molecule has 5 nitrogen and oxygen atoms in total. The van der Waals surface area contributed by atoms with Crippen LogP contribution in [0, 0.1) is 0 Å². The molecule has 21 heavy (non-hydrogen) atoms. The van der Waals surface area contributed by atoms with E-state index in [1.165, 1.54) is 0 Å². The number of benzene rings is 1. The number of nitrogens with one attached hydrogen (secondary N) is 2. The van der Waals surface area contributed by atoms with Gasteiger partial charge >= 0.3 is 0 Å². The molecule has 0 bridgehead atoms. The van der Waals surface area contributed by atoms with E-state index in [1.807, 2.05) is 34.6 Å². The zero-order valence-electron chi connectivity index (χ0n) is 13.3. The van der Waals surface area contributed by atoms with Gasteiger partial charge in [0, 0.05) is 11.2 Å². The minimum atomic E-state index is -0.340. The highest BCUT2D eigenvalue weighted by molar-refractivity contribution is 6.03. The third-order valence-electron chi connectivity index (χ3n) is 2.35. The Balaban J connectivity index is 2.49. The van der Waals surface area contributed by atoms with Gasteiger partial charge in [-0.3, -0.25) is 9.59 Å². The maximum atomic E-state index is 11.8. The van der Waals surface area contributed by atoms with Gasteiger partial charge in [0.05, 0.1) is 6.10 Å². The second kappa shape index (κ2) is 7.11. The largest absolute Gasteiger partial charge is 0.491 e. The summed E-state index contributed by atoms with van der Waals surface area (Å²) in [5.41, 5.74) is 0.298. The maximum Gasteiger partial charge on any atom is 0.233 e. The minimum Gasteiger partial charge on any atom is -0.491 e. The molecule has 0 aromatic heterocycles. The predicted molar refractivity (Wildman–Crippen MR) is 83.3 cm³/mol. The molecule has 0 atom stereocenters. The van der Waals surface area contributed by atoms with Crippen molar-refractivity contribution >= 4 is 17.5 Å². The van der Waals surface area contributed by atoms with Crippen molar-refractivity contribution in [3.63, 3.8) is 0 Å². The van der Waals surface area contributed by atoms with Gasteiger partial charge in [-0.05, 0) is 58.9 Å². The molecule has 0 heterocycles. The Bertz CT molecular complexity index is 487. The van der Waals surface area contributed by atoms with Crippen molar-refractivity contribution < 1.29 is 14.3 Å². The number of amides is 2. The fraction of sp³-hybridized carbons (Fsp3) is 0.500. The molecule has 0 unspecified atom stereocenters. The van der Waals surface area contributed by atoms with Crippen LogP contribution in [0.1, 0.15) is 41.0 Å². The van der Waals surface area contributed by atoms with Crippen LogP contribution in [0.15, 0.2) is 24.3 Å². The van der Waals surface area contributed by atoms with E-state index in [0.29, 0.717) is 5.69 Å². The van der Waals surface area contributed by atoms with Crippen LogP contribution >= 0.6 is 0 Å². The van der Waals surface area contributed by atoms with Crippen molar-refractivity contribution in [3.05, 3.63) is 24.3 Å². The van der Waals surface area contributed by atoms with Crippen molar-refractivity contribution in [3.8, 4) is 5.75 Å². The highest BCUT2D eigenvalue weighted by atomic mass is 16.5. The van der Waals surface area contributed by atoms with Gasteiger partial charge in [-0.15, -0.1) is 0 Å². The SMILES string of the molecule is CC(C)Oc1ccc(NC(=O)CC(=O)NC(C)(C)C)cc1. The van der Waals surface area contributed by atoms with Gasteiger partial charge in [0.25, 0.3) is 0 Å². The van der Waals surface area contributed by atoms with Gasteiger partial charge in [-0.2, -0.15) is 0 Å². The van der Waals surface area contributed by atoms with Gasteiger partial charge in [-0.1, -0.05) is 0 Å². The van der Waals surface area contributed by atoms with Crippen LogP contribution in [-0.4, -0.2) is 23.5 Å². The lowest BCUT2D eigenvalue weighted by Crippen LogP contribution is -2.41. The Morgan fingerprint density at radius 2 is 1.67 bits per heavy atom. The van der Waals surface area contributed by atoms with Gasteiger partial charge in [-0.25, -0.2) is 0 Å². The molecular formula is C16H24N2O3. The molecular weight excluding hydrogens is 268 g/mol. The number of ether oxygens (including phenoxy) is 1. The van der Waals surface area contributed by atoms with Crippen LogP contribution in [0.3, 0.4) is 0 Å². The predicted octanol–water partition coefficient (Wildman–Crippen LogP) is 2.72. The van der Waals surface area contributed by atoms with E-state index < -0.39 is 0 Å². The van der Waals surface area contributed by atoms with E-state index in [2.05, 4.69) is 10.6 Å². The Morgan fingerprint density at radius 1 is 1.10 bits per heavy atom. The monoisotopic (exact) mass is 292 g/mol. The van der Waals surface area contributed by atoms with Crippen LogP contribution in [0.5, 0.6) is 5.75 Å². The van der Waals surface area contributed by atoms with Crippen LogP contribution in [0.4, 0.5) is 5.69 Å². The second-order valence-electron chi connectivity index (χ2n) is 6.21. The Kier molecular flexibility index (Phi) is 5.76. The fourth-order valence-corrected chi connectivity index (χ4v) is 1.70. The zero-order valence-corrected chi connectivity index (χ0v) is 13.3. The average molecular weight is 292 g/mol. The molecule has 0 saturated heterocycles. The Morgan fingerprint density at radius 3 is 2.14 bits per heavy atom. The van der Waals surface area contributed by atoms with Crippen molar-refractivity contribution in [2.45, 2.75) is 52.7 Å². The Hall–Kier alpha value is -2.04. The molecule has 0 fully saturated rings. The van der Waals surface area contributed by atoms with E-state index in [-0.39, 0.29) is 29.9 Å². The molecule has 2 amide bonds. The summed E-state index contributed by atoms with van der Waals surface area (Å²) < 4.78 is 5.52. The van der Waals surface area contributed by atoms with Crippen LogP contribution < -0.4 is 15.4 Å². The molecule has 1 aromatic rings. The number of carbonyl (C=O) groups is 2. The van der Waals surface area contributed by atoms with Crippen molar-refractivity contribution in [2.75, 3.05) is 5.32 Å². The molecule has 116 valence electrons. The summed E-state index contributed by atoms with van der Waals surface area (Å²) >= 11 is 0. The van der Waals surface area contributed by atoms with Crippen molar-refractivity contribution in [1.29, 1.82) is 0 Å². The summed E-state index contributed by atoms with van der Waals surface area (Å²) in [5.74, 6) is 0.113. The number of anilines is 1. The molecule has 2 N–H and O–H groups in total. The lowest BCUT2D eigenvalue weighted by molar-refractivity contribution is -0.127. The first-order chi connectivity index (χ1) is 9.65. The fourth-order valence-electron chi connectivity index (χ4n) is 1.70. The van der Waals surface area contributed by atoms with E-state index in [0.717, 1.165) is 5.75 Å². The topological polar surface area (TPSA) is 67.4 Å². The first-order valence-electron chi connectivity index (χ1n) is 7.03. The second-order valence-corrected chi connectivity index (χ2v) is 6.21. The van der Waals surface area contributed by atoms with E-state index in [1.54, 1.807) is 24.3 Å². The quantitative estimate of drug-likeness (QED) is 0.820. The molecule has 0 aliphatic carbocycles. The minimum absolute atomic E-state index is 0.103. The Labute approximate surface area is 126 Å². The van der Waals surface area contributed by atoms with E-state index >= 15 is 0 Å². The van der Waals surface area contributed by atoms with Crippen molar-refractivity contribution in [2.24, 2.45) is 0 Å². The number of hydrogen-bond donors (Lipinski definition) is 2. The van der Waals surface area contributed by atoms with Gasteiger partial charge in [0.1, 0.15) is 12.2 Å². The third kappa shape index (κ3) is 7.34. The van der Waals surface area contributed by atoms with Gasteiger partial charge in [0.15, 0.2) is 0 Å². The molecule has 0 radical (unpaired) electrons. The zero-order chi connectivity index (χ0) is 16.0. The molecule has 1 rings (SSSR count). The molecule has 0 saturated carbocycles. The van der Waals surface area contributed by atoms with Crippen LogP contribution in [0.2, 0.25) is 0 Å². The lowest BCUT2D eigenvalue weighted by atomic mass is 10.1. The molecule has 0 aliphatic rings. The van der Waals surface area contributed by atoms with Gasteiger partial charge < -0.3 is 15.4 Å². The highest BCUT2D eigenvalue weighted by Gasteiger charge is 2.16. The van der Waals surface area contributed by atoms with Crippen LogP contribution in [0.25, 0.3) is 0 Å². The lowest BCUT2D eigenvalue weighted by Gasteiger charge is -2.20. The van der Waals surface area contributed by atoms with Gasteiger partial charge in [0.2, 0.25) is 11.8 Å². The molecule has 0 aliphatic heterocycles. The standard InChI is InChI=1S/C16H24N2O3/c1-11(2)21-13-8-6-12(7-9-13)17-14(19)10-15(20)18-16(3,4)5/h6-9,11H,10H2,1-5H3,(H,17,19)(H,18,20). The summed E-state index contributed by atoms with van der Waals surface area (Å²) in [6.45, 7) is 9.51. The number of hydrogen-bond acceptors (Lipinski definition) is 3. The normalized spacial score (nSPS) is 11.1. The summed E-state index contributed by atoms with van der Waals surface area (Å²) in [7, 11) is 0. The summed E-state index contributed by atoms with van der Waals surface area (Å²) in [6, 6.07) is 7.06. The summed E-state index contributed by atoms with van der Waals surface area (Å²) in [5, 5.41) is 5.43. The average Bonchev–Trinajstić information content (AvgIpc) is 2.28. The first kappa shape index (κ1) is 17.0. The number of rotatable bonds is 5. The first-order valence-corrected chi connectivity index (χ1v) is 7.03. The smallest absolute Gasteiger partial charge is 0.233 e. The molecule has 0 spiro atoms. The number of carbonyl (C=O) groups excluding carboxylic acids is 2. The highest BCUT2D eigenvalue weighted by Crippen LogP contribution is 2.17. The summed E-state index contributed by atoms with van der Waals surface area (Å²) in [6.07, 6.45) is -0.0897. The molecule has 5 heteroatoms. The van der Waals surface area contributed by atoms with Crippen LogP contribution in [-0.2, 0) is 9.59 Å². The van der Waals surface area contributed by atoms with E-state index in [9.17, 15) is 9.59 Å². The van der Waals surface area contributed by atoms with E-state index in [4.69, 9.17) is 4.74 Å². The third-order valence-corrected chi connectivity index (χ3v) is 2.35.